The van der Waals surface area contributed by atoms with Crippen molar-refractivity contribution in [3.05, 3.63) is 58.9 Å². The number of aliphatic hydroxyl groups is 1. The number of sulfone groups is 1. The Balaban J connectivity index is 1.36. The van der Waals surface area contributed by atoms with Crippen molar-refractivity contribution in [1.29, 1.82) is 0 Å². The summed E-state index contributed by atoms with van der Waals surface area (Å²) in [7, 11) is -3.87. The lowest BCUT2D eigenvalue weighted by molar-refractivity contribution is -0.151. The second-order valence-corrected chi connectivity index (χ2v) is 12.7. The maximum Gasteiger partial charge on any atom is 0.328 e. The number of nitrogens with one attached hydrogen (secondary N) is 1. The average molecular weight is 565 g/mol. The molecule has 0 bridgehead atoms. The van der Waals surface area contributed by atoms with Gasteiger partial charge in [0.1, 0.15) is 6.10 Å². The summed E-state index contributed by atoms with van der Waals surface area (Å²) in [6, 6.07) is 8.58. The molecule has 1 fully saturated rings. The molecule has 1 aromatic heterocycles. The number of benzene rings is 1. The van der Waals surface area contributed by atoms with Crippen LogP contribution in [-0.4, -0.2) is 87.7 Å². The number of hydrogen-bond donors (Lipinski definition) is 3. The molecular formula is C26H30F2N4O6S. The quantitative estimate of drug-likeness (QED) is 0.264. The van der Waals surface area contributed by atoms with E-state index >= 15 is 0 Å². The van der Waals surface area contributed by atoms with Gasteiger partial charge in [-0.15, -0.1) is 0 Å². The molecular weight excluding hydrogens is 534 g/mol. The number of carbonyl (C=O) groups excluding carboxylic acids is 2. The van der Waals surface area contributed by atoms with E-state index in [0.717, 1.165) is 11.8 Å². The number of hydrogen-bond acceptors (Lipinski definition) is 7. The molecule has 1 saturated heterocycles. The van der Waals surface area contributed by atoms with Crippen LogP contribution in [0.25, 0.3) is 0 Å². The number of halogens is 2. The Morgan fingerprint density at radius 3 is 2.49 bits per heavy atom. The van der Waals surface area contributed by atoms with Gasteiger partial charge in [-0.1, -0.05) is 24.0 Å². The molecule has 2 atom stereocenters. The first-order chi connectivity index (χ1) is 18.2. The van der Waals surface area contributed by atoms with Crippen LogP contribution in [0.5, 0.6) is 0 Å². The SMILES string of the molecule is CC(CCN1Cc2cc(C#Cc3ccc(CN4CCC(O)C(F)(F)C4)cc3)cn2C1=O)(C(=O)NO)S(C)(=O)=O. The fourth-order valence-corrected chi connectivity index (χ4v) is 5.47. The normalized spacial score (nSPS) is 20.6. The molecule has 3 N–H and O–H groups in total. The molecule has 1 aromatic carbocycles. The van der Waals surface area contributed by atoms with E-state index in [1.54, 1.807) is 29.3 Å². The maximum atomic E-state index is 13.8. The van der Waals surface area contributed by atoms with Gasteiger partial charge in [0.25, 0.3) is 11.8 Å². The molecule has 4 rings (SSSR count). The number of fused-ring (bicyclic) bond motifs is 1. The Morgan fingerprint density at radius 2 is 1.90 bits per heavy atom. The van der Waals surface area contributed by atoms with Crippen LogP contribution in [0.4, 0.5) is 13.6 Å². The monoisotopic (exact) mass is 564 g/mol. The van der Waals surface area contributed by atoms with Gasteiger partial charge in [-0.05, 0) is 43.5 Å². The lowest BCUT2D eigenvalue weighted by Crippen LogP contribution is -2.51. The molecule has 2 unspecified atom stereocenters. The van der Waals surface area contributed by atoms with E-state index in [4.69, 9.17) is 5.21 Å². The molecule has 3 heterocycles. The van der Waals surface area contributed by atoms with E-state index < -0.39 is 39.1 Å². The highest BCUT2D eigenvalue weighted by Crippen LogP contribution is 2.28. The third-order valence-corrected chi connectivity index (χ3v) is 9.37. The van der Waals surface area contributed by atoms with Gasteiger partial charge < -0.3 is 10.0 Å². The van der Waals surface area contributed by atoms with Crippen LogP contribution in [0.2, 0.25) is 0 Å². The van der Waals surface area contributed by atoms with Gasteiger partial charge in [0, 0.05) is 48.9 Å². The lowest BCUT2D eigenvalue weighted by Gasteiger charge is -2.35. The highest BCUT2D eigenvalue weighted by atomic mass is 32.2. The summed E-state index contributed by atoms with van der Waals surface area (Å²) in [5.74, 6) is 1.84. The van der Waals surface area contributed by atoms with Gasteiger partial charge in [-0.3, -0.25) is 19.5 Å². The maximum absolute atomic E-state index is 13.8. The van der Waals surface area contributed by atoms with Crippen LogP contribution in [0.1, 0.15) is 42.1 Å². The average Bonchev–Trinajstić information content (AvgIpc) is 3.41. The molecule has 2 amide bonds. The Morgan fingerprint density at radius 1 is 1.23 bits per heavy atom. The van der Waals surface area contributed by atoms with Crippen molar-refractivity contribution < 1.29 is 37.1 Å². The van der Waals surface area contributed by atoms with Gasteiger partial charge in [-0.2, -0.15) is 0 Å². The summed E-state index contributed by atoms with van der Waals surface area (Å²) in [4.78, 5) is 27.9. The van der Waals surface area contributed by atoms with Crippen molar-refractivity contribution in [2.24, 2.45) is 0 Å². The molecule has 2 aromatic rings. The van der Waals surface area contributed by atoms with Gasteiger partial charge >= 0.3 is 6.03 Å². The number of aromatic nitrogens is 1. The first-order valence-corrected chi connectivity index (χ1v) is 14.2. The Kier molecular flexibility index (Phi) is 7.86. The smallest absolute Gasteiger partial charge is 0.328 e. The number of hydroxylamine groups is 1. The van der Waals surface area contributed by atoms with E-state index in [-0.39, 0.29) is 32.0 Å². The van der Waals surface area contributed by atoms with E-state index in [2.05, 4.69) is 11.8 Å². The number of piperidine rings is 1. The summed E-state index contributed by atoms with van der Waals surface area (Å²) in [5, 5.41) is 18.4. The van der Waals surface area contributed by atoms with Crippen LogP contribution >= 0.6 is 0 Å². The Hall–Kier alpha value is -3.31. The molecule has 2 aliphatic rings. The molecule has 0 radical (unpaired) electrons. The molecule has 210 valence electrons. The Labute approximate surface area is 225 Å². The molecule has 0 saturated carbocycles. The zero-order valence-electron chi connectivity index (χ0n) is 21.5. The predicted molar refractivity (Wildman–Crippen MR) is 137 cm³/mol. The molecule has 10 nitrogen and oxygen atoms in total. The van der Waals surface area contributed by atoms with Crippen LogP contribution < -0.4 is 5.48 Å². The lowest BCUT2D eigenvalue weighted by atomic mass is 10.0. The Bertz CT molecular complexity index is 1430. The number of nitrogens with zero attached hydrogens (tertiary/aromatic N) is 3. The minimum absolute atomic E-state index is 0.0134. The summed E-state index contributed by atoms with van der Waals surface area (Å²) in [6.07, 6.45) is 0.716. The number of rotatable bonds is 7. The van der Waals surface area contributed by atoms with Crippen LogP contribution in [0.3, 0.4) is 0 Å². The minimum Gasteiger partial charge on any atom is -0.387 e. The zero-order valence-corrected chi connectivity index (χ0v) is 22.3. The van der Waals surface area contributed by atoms with Gasteiger partial charge in [0.15, 0.2) is 14.6 Å². The van der Waals surface area contributed by atoms with Gasteiger partial charge in [0.2, 0.25) is 0 Å². The molecule has 2 aliphatic heterocycles. The first kappa shape index (κ1) is 28.7. The summed E-state index contributed by atoms with van der Waals surface area (Å²) < 4.78 is 51.4. The van der Waals surface area contributed by atoms with E-state index in [1.807, 2.05) is 12.1 Å². The summed E-state index contributed by atoms with van der Waals surface area (Å²) in [5.41, 5.74) is 4.22. The summed E-state index contributed by atoms with van der Waals surface area (Å²) >= 11 is 0. The van der Waals surface area contributed by atoms with E-state index in [0.29, 0.717) is 29.9 Å². The number of alkyl halides is 2. The van der Waals surface area contributed by atoms with Crippen molar-refractivity contribution in [1.82, 2.24) is 19.8 Å². The topological polar surface area (TPSA) is 132 Å². The van der Waals surface area contributed by atoms with Gasteiger partial charge in [-0.25, -0.2) is 27.5 Å². The number of likely N-dealkylation sites (tertiary alicyclic amines) is 1. The third-order valence-electron chi connectivity index (χ3n) is 7.34. The van der Waals surface area contributed by atoms with Crippen molar-refractivity contribution in [2.75, 3.05) is 25.9 Å². The van der Waals surface area contributed by atoms with Crippen LogP contribution in [-0.2, 0) is 27.7 Å². The highest BCUT2D eigenvalue weighted by molar-refractivity contribution is 7.92. The fraction of sp³-hybridized carbons (Fsp3) is 0.462. The number of amides is 2. The van der Waals surface area contributed by atoms with Crippen molar-refractivity contribution in [2.45, 2.75) is 49.6 Å². The zero-order chi connectivity index (χ0) is 28.6. The van der Waals surface area contributed by atoms with Gasteiger partial charge in [0.05, 0.1) is 13.1 Å². The van der Waals surface area contributed by atoms with Crippen molar-refractivity contribution >= 4 is 21.8 Å². The first-order valence-electron chi connectivity index (χ1n) is 12.3. The predicted octanol–water partition coefficient (Wildman–Crippen LogP) is 1.57. The van der Waals surface area contributed by atoms with Crippen LogP contribution in [0.15, 0.2) is 36.5 Å². The minimum atomic E-state index is -3.87. The van der Waals surface area contributed by atoms with Crippen molar-refractivity contribution in [3.63, 3.8) is 0 Å². The molecule has 13 heteroatoms. The summed E-state index contributed by atoms with van der Waals surface area (Å²) in [6.45, 7) is 1.65. The molecule has 0 spiro atoms. The molecule has 39 heavy (non-hydrogen) atoms. The number of carbonyl (C=O) groups is 2. The molecule has 0 aliphatic carbocycles. The second-order valence-electron chi connectivity index (χ2n) is 10.2. The largest absolute Gasteiger partial charge is 0.387 e. The fourth-order valence-electron chi connectivity index (χ4n) is 4.63. The standard InChI is InChI=1S/C26H30F2N4O6S/c1-25(23(34)29-36,39(2,37)38)10-12-31-16-21-13-20(15-32(21)24(31)35)8-5-18-3-6-19(7-4-18)14-30-11-9-22(33)26(27,28)17-30/h3-4,6-7,13,15,22,33,36H,9-12,14,16-17H2,1-2H3,(H,29,34). The van der Waals surface area contributed by atoms with E-state index in [1.165, 1.54) is 21.9 Å². The number of aliphatic hydroxyl groups excluding tert-OH is 1. The highest BCUT2D eigenvalue weighted by Gasteiger charge is 2.45. The second kappa shape index (κ2) is 10.7. The third kappa shape index (κ3) is 5.99. The van der Waals surface area contributed by atoms with E-state index in [9.17, 15) is 31.9 Å². The van der Waals surface area contributed by atoms with Crippen LogP contribution in [0, 0.1) is 11.8 Å². The van der Waals surface area contributed by atoms with Crippen molar-refractivity contribution in [3.8, 4) is 11.8 Å².